The third-order valence-electron chi connectivity index (χ3n) is 4.72. The van der Waals surface area contributed by atoms with Crippen molar-refractivity contribution in [2.24, 2.45) is 0 Å². The van der Waals surface area contributed by atoms with Crippen molar-refractivity contribution in [3.05, 3.63) is 100 Å². The summed E-state index contributed by atoms with van der Waals surface area (Å²) in [4.78, 5) is 35.8. The van der Waals surface area contributed by atoms with Crippen LogP contribution in [0.1, 0.15) is 47.8 Å². The van der Waals surface area contributed by atoms with Crippen molar-refractivity contribution in [1.29, 1.82) is 0 Å². The number of carbonyl (C=O) groups excluding carboxylic acids is 2. The fourth-order valence-corrected chi connectivity index (χ4v) is 3.05. The number of anilines is 1. The number of rotatable bonds is 6. The highest BCUT2D eigenvalue weighted by Gasteiger charge is 2.18. The zero-order valence-corrected chi connectivity index (χ0v) is 16.7. The SMILES string of the molecule is CNC(=O)c1ccc(C(=O)Nc2ccc(Cc3ccc(C)cc3)cc2)cc1C(=O)O. The van der Waals surface area contributed by atoms with Crippen molar-refractivity contribution in [3.8, 4) is 0 Å². The molecule has 0 aliphatic carbocycles. The Morgan fingerprint density at radius 2 is 1.40 bits per heavy atom. The van der Waals surface area contributed by atoms with E-state index in [1.54, 1.807) is 12.1 Å². The molecule has 152 valence electrons. The van der Waals surface area contributed by atoms with Gasteiger partial charge >= 0.3 is 5.97 Å². The average molecular weight is 402 g/mol. The van der Waals surface area contributed by atoms with Crippen molar-refractivity contribution in [1.82, 2.24) is 5.32 Å². The van der Waals surface area contributed by atoms with Crippen LogP contribution in [0.25, 0.3) is 0 Å². The zero-order chi connectivity index (χ0) is 21.7. The van der Waals surface area contributed by atoms with Gasteiger partial charge in [-0.2, -0.15) is 0 Å². The highest BCUT2D eigenvalue weighted by atomic mass is 16.4. The van der Waals surface area contributed by atoms with Gasteiger partial charge in [0.2, 0.25) is 0 Å². The Labute approximate surface area is 174 Å². The van der Waals surface area contributed by atoms with Crippen LogP contribution in [0.4, 0.5) is 5.69 Å². The van der Waals surface area contributed by atoms with Gasteiger partial charge in [0.05, 0.1) is 11.1 Å². The summed E-state index contributed by atoms with van der Waals surface area (Å²) in [7, 11) is 1.41. The Hall–Kier alpha value is -3.93. The molecule has 0 spiro atoms. The molecule has 6 nitrogen and oxygen atoms in total. The van der Waals surface area contributed by atoms with E-state index in [1.807, 2.05) is 19.1 Å². The van der Waals surface area contributed by atoms with Gasteiger partial charge in [0.1, 0.15) is 0 Å². The number of hydrogen-bond donors (Lipinski definition) is 3. The normalized spacial score (nSPS) is 10.3. The first kappa shape index (κ1) is 20.8. The number of benzene rings is 3. The van der Waals surface area contributed by atoms with Crippen molar-refractivity contribution in [2.45, 2.75) is 13.3 Å². The molecule has 0 radical (unpaired) electrons. The van der Waals surface area contributed by atoms with Crippen LogP contribution in [-0.4, -0.2) is 29.9 Å². The summed E-state index contributed by atoms with van der Waals surface area (Å²) >= 11 is 0. The molecule has 0 aliphatic heterocycles. The van der Waals surface area contributed by atoms with E-state index in [-0.39, 0.29) is 16.7 Å². The van der Waals surface area contributed by atoms with Gasteiger partial charge in [-0.05, 0) is 54.8 Å². The van der Waals surface area contributed by atoms with Gasteiger partial charge in [0, 0.05) is 18.3 Å². The minimum Gasteiger partial charge on any atom is -0.478 e. The fourth-order valence-electron chi connectivity index (χ4n) is 3.05. The third kappa shape index (κ3) is 4.91. The number of aryl methyl sites for hydroxylation is 1. The van der Waals surface area contributed by atoms with Crippen LogP contribution in [0.15, 0.2) is 66.7 Å². The molecule has 6 heteroatoms. The highest BCUT2D eigenvalue weighted by Crippen LogP contribution is 2.17. The van der Waals surface area contributed by atoms with Crippen LogP contribution < -0.4 is 10.6 Å². The van der Waals surface area contributed by atoms with E-state index >= 15 is 0 Å². The number of nitrogens with one attached hydrogen (secondary N) is 2. The van der Waals surface area contributed by atoms with Gasteiger partial charge in [0.15, 0.2) is 0 Å². The molecule has 3 aromatic carbocycles. The quantitative estimate of drug-likeness (QED) is 0.583. The van der Waals surface area contributed by atoms with Gasteiger partial charge in [-0.3, -0.25) is 9.59 Å². The molecule has 0 aliphatic rings. The Kier molecular flexibility index (Phi) is 6.27. The molecule has 0 bridgehead atoms. The minimum absolute atomic E-state index is 0.00186. The Morgan fingerprint density at radius 3 is 1.97 bits per heavy atom. The summed E-state index contributed by atoms with van der Waals surface area (Å²) in [6.07, 6.45) is 0.789. The van der Waals surface area contributed by atoms with Crippen LogP contribution in [0.5, 0.6) is 0 Å². The van der Waals surface area contributed by atoms with Crippen LogP contribution in [0.2, 0.25) is 0 Å². The summed E-state index contributed by atoms with van der Waals surface area (Å²) in [6, 6.07) is 19.8. The lowest BCUT2D eigenvalue weighted by atomic mass is 10.0. The lowest BCUT2D eigenvalue weighted by Gasteiger charge is -2.10. The molecule has 3 rings (SSSR count). The molecule has 0 unspecified atom stereocenters. The van der Waals surface area contributed by atoms with E-state index in [9.17, 15) is 19.5 Å². The number of hydrogen-bond acceptors (Lipinski definition) is 3. The van der Waals surface area contributed by atoms with E-state index in [0.717, 1.165) is 12.0 Å². The van der Waals surface area contributed by atoms with Crippen molar-refractivity contribution in [3.63, 3.8) is 0 Å². The number of aromatic carboxylic acids is 1. The predicted molar refractivity (Wildman–Crippen MR) is 115 cm³/mol. The standard InChI is InChI=1S/C24H22N2O4/c1-15-3-5-16(6-4-15)13-17-7-10-19(11-8-17)26-22(27)18-9-12-20(23(28)25-2)21(14-18)24(29)30/h3-12,14H,13H2,1-2H3,(H,25,28)(H,26,27)(H,29,30). The van der Waals surface area contributed by atoms with Gasteiger partial charge in [-0.15, -0.1) is 0 Å². The number of amides is 2. The molecule has 0 fully saturated rings. The number of carboxylic acids is 1. The third-order valence-corrected chi connectivity index (χ3v) is 4.72. The van der Waals surface area contributed by atoms with E-state index < -0.39 is 17.8 Å². The first-order valence-electron chi connectivity index (χ1n) is 9.42. The maximum Gasteiger partial charge on any atom is 0.336 e. The Morgan fingerprint density at radius 1 is 0.800 bits per heavy atom. The molecular formula is C24H22N2O4. The summed E-state index contributed by atoms with van der Waals surface area (Å²) in [5.41, 5.74) is 4.06. The molecule has 0 atom stereocenters. The lowest BCUT2D eigenvalue weighted by molar-refractivity contribution is 0.0691. The molecule has 3 N–H and O–H groups in total. The zero-order valence-electron chi connectivity index (χ0n) is 16.7. The van der Waals surface area contributed by atoms with Gasteiger partial charge in [0.25, 0.3) is 11.8 Å². The topological polar surface area (TPSA) is 95.5 Å². The molecular weight excluding hydrogens is 380 g/mol. The number of carboxylic acid groups (broad SMARTS) is 1. The first-order valence-corrected chi connectivity index (χ1v) is 9.42. The molecule has 3 aromatic rings. The van der Waals surface area contributed by atoms with Crippen LogP contribution in [0, 0.1) is 6.92 Å². The molecule has 0 aromatic heterocycles. The van der Waals surface area contributed by atoms with E-state index in [1.165, 1.54) is 36.4 Å². The van der Waals surface area contributed by atoms with E-state index in [0.29, 0.717) is 5.69 Å². The van der Waals surface area contributed by atoms with Crippen LogP contribution in [-0.2, 0) is 6.42 Å². The second-order valence-corrected chi connectivity index (χ2v) is 6.96. The van der Waals surface area contributed by atoms with Gasteiger partial charge in [-0.25, -0.2) is 4.79 Å². The second kappa shape index (κ2) is 9.05. The maximum atomic E-state index is 12.5. The van der Waals surface area contributed by atoms with Crippen molar-refractivity contribution >= 4 is 23.5 Å². The molecule has 0 heterocycles. The molecule has 2 amide bonds. The molecule has 30 heavy (non-hydrogen) atoms. The minimum atomic E-state index is -1.27. The largest absolute Gasteiger partial charge is 0.478 e. The molecule has 0 saturated heterocycles. The Balaban J connectivity index is 1.72. The predicted octanol–water partition coefficient (Wildman–Crippen LogP) is 3.90. The monoisotopic (exact) mass is 402 g/mol. The van der Waals surface area contributed by atoms with Crippen molar-refractivity contribution in [2.75, 3.05) is 12.4 Å². The molecule has 0 saturated carbocycles. The Bertz CT molecular complexity index is 1090. The van der Waals surface area contributed by atoms with Crippen molar-refractivity contribution < 1.29 is 19.5 Å². The highest BCUT2D eigenvalue weighted by molar-refractivity contribution is 6.09. The lowest BCUT2D eigenvalue weighted by Crippen LogP contribution is -2.22. The average Bonchev–Trinajstić information content (AvgIpc) is 2.75. The number of carbonyl (C=O) groups is 3. The maximum absolute atomic E-state index is 12.5. The smallest absolute Gasteiger partial charge is 0.336 e. The first-order chi connectivity index (χ1) is 14.4. The van der Waals surface area contributed by atoms with E-state index in [2.05, 4.69) is 34.9 Å². The van der Waals surface area contributed by atoms with Crippen LogP contribution in [0.3, 0.4) is 0 Å². The fraction of sp³-hybridized carbons (Fsp3) is 0.125. The summed E-state index contributed by atoms with van der Waals surface area (Å²) in [6.45, 7) is 2.05. The second-order valence-electron chi connectivity index (χ2n) is 6.96. The summed E-state index contributed by atoms with van der Waals surface area (Å²) in [5.74, 6) is -2.25. The van der Waals surface area contributed by atoms with Gasteiger partial charge in [-0.1, -0.05) is 42.0 Å². The van der Waals surface area contributed by atoms with Crippen LogP contribution >= 0.6 is 0 Å². The summed E-state index contributed by atoms with van der Waals surface area (Å²) in [5, 5.41) is 14.5. The van der Waals surface area contributed by atoms with Gasteiger partial charge < -0.3 is 15.7 Å². The van der Waals surface area contributed by atoms with E-state index in [4.69, 9.17) is 0 Å². The summed E-state index contributed by atoms with van der Waals surface area (Å²) < 4.78 is 0.